The van der Waals surface area contributed by atoms with E-state index in [1.807, 2.05) is 28.7 Å². The molecule has 0 unspecified atom stereocenters. The van der Waals surface area contributed by atoms with Crippen LogP contribution in [0.4, 0.5) is 0 Å². The Morgan fingerprint density at radius 1 is 1.18 bits per heavy atom. The molecule has 0 aliphatic carbocycles. The number of nitrogens with zero attached hydrogens (tertiary/aromatic N) is 2. The molecule has 3 rings (SSSR count). The van der Waals surface area contributed by atoms with Gasteiger partial charge in [0, 0.05) is 28.4 Å². The number of pyridine rings is 1. The molecule has 0 saturated carbocycles. The molecule has 0 amide bonds. The lowest BCUT2D eigenvalue weighted by Gasteiger charge is -1.99. The van der Waals surface area contributed by atoms with Crippen molar-refractivity contribution in [3.05, 3.63) is 57.3 Å². The minimum absolute atomic E-state index is 0.0315. The Hall–Kier alpha value is -1.88. The molecule has 0 spiro atoms. The highest BCUT2D eigenvalue weighted by Crippen LogP contribution is 2.20. The van der Waals surface area contributed by atoms with Crippen molar-refractivity contribution in [2.24, 2.45) is 0 Å². The first-order valence-electron chi connectivity index (χ1n) is 5.07. The van der Waals surface area contributed by atoms with Gasteiger partial charge in [-0.2, -0.15) is 5.10 Å². The second-order valence-electron chi connectivity index (χ2n) is 3.67. The van der Waals surface area contributed by atoms with Gasteiger partial charge in [0.2, 0.25) is 0 Å². The van der Waals surface area contributed by atoms with Crippen LogP contribution in [0.15, 0.2) is 51.9 Å². The van der Waals surface area contributed by atoms with Crippen LogP contribution in [0.2, 0.25) is 0 Å². The predicted molar refractivity (Wildman–Crippen MR) is 68.9 cm³/mol. The summed E-state index contributed by atoms with van der Waals surface area (Å²) in [4.78, 5) is 11.2. The fourth-order valence-corrected chi connectivity index (χ4v) is 1.98. The van der Waals surface area contributed by atoms with Gasteiger partial charge in [-0.3, -0.25) is 14.3 Å². The molecule has 3 aromatic rings. The van der Waals surface area contributed by atoms with Crippen LogP contribution in [-0.2, 0) is 0 Å². The molecule has 0 radical (unpaired) electrons. The van der Waals surface area contributed by atoms with E-state index in [1.54, 1.807) is 6.20 Å². The van der Waals surface area contributed by atoms with Crippen LogP contribution in [0.25, 0.3) is 17.0 Å². The molecule has 0 fully saturated rings. The molecule has 0 bridgehead atoms. The number of fused-ring (bicyclic) bond motifs is 1. The SMILES string of the molecule is O=c1ccn2c(-c3ccc(Br)cc3)n[nH]c2c1. The Kier molecular flexibility index (Phi) is 2.33. The van der Waals surface area contributed by atoms with E-state index >= 15 is 0 Å². The normalized spacial score (nSPS) is 10.9. The molecule has 0 saturated heterocycles. The third-order valence-corrected chi connectivity index (χ3v) is 3.06. The zero-order valence-corrected chi connectivity index (χ0v) is 10.3. The second-order valence-corrected chi connectivity index (χ2v) is 4.59. The largest absolute Gasteiger partial charge is 0.290 e. The molecule has 2 aromatic heterocycles. The van der Waals surface area contributed by atoms with E-state index in [2.05, 4.69) is 26.1 Å². The van der Waals surface area contributed by atoms with E-state index in [0.717, 1.165) is 15.9 Å². The van der Waals surface area contributed by atoms with Crippen LogP contribution in [0, 0.1) is 0 Å². The van der Waals surface area contributed by atoms with Gasteiger partial charge in [-0.05, 0) is 12.1 Å². The molecule has 0 aliphatic rings. The van der Waals surface area contributed by atoms with E-state index in [0.29, 0.717) is 5.65 Å². The van der Waals surface area contributed by atoms with E-state index in [4.69, 9.17) is 0 Å². The maximum atomic E-state index is 11.2. The van der Waals surface area contributed by atoms with Gasteiger partial charge in [0.05, 0.1) is 0 Å². The summed E-state index contributed by atoms with van der Waals surface area (Å²) in [5.41, 5.74) is 1.65. The third-order valence-electron chi connectivity index (χ3n) is 2.53. The molecule has 0 atom stereocenters. The van der Waals surface area contributed by atoms with Gasteiger partial charge in [-0.15, -0.1) is 0 Å². The molecule has 5 heteroatoms. The minimum atomic E-state index is -0.0315. The summed E-state index contributed by atoms with van der Waals surface area (Å²) in [6.07, 6.45) is 1.72. The van der Waals surface area contributed by atoms with Crippen molar-refractivity contribution in [2.75, 3.05) is 0 Å². The van der Waals surface area contributed by atoms with Gasteiger partial charge >= 0.3 is 0 Å². The Bertz CT molecular complexity index is 727. The summed E-state index contributed by atoms with van der Waals surface area (Å²) in [5.74, 6) is 0.785. The number of hydrogen-bond acceptors (Lipinski definition) is 2. The monoisotopic (exact) mass is 289 g/mol. The van der Waals surface area contributed by atoms with Crippen molar-refractivity contribution in [2.45, 2.75) is 0 Å². The zero-order valence-electron chi connectivity index (χ0n) is 8.72. The van der Waals surface area contributed by atoms with Crippen LogP contribution < -0.4 is 5.43 Å². The van der Waals surface area contributed by atoms with Gasteiger partial charge in [-0.1, -0.05) is 28.1 Å². The smallest absolute Gasteiger partial charge is 0.183 e. The first-order valence-corrected chi connectivity index (χ1v) is 5.86. The quantitative estimate of drug-likeness (QED) is 0.748. The van der Waals surface area contributed by atoms with Crippen LogP contribution in [0.5, 0.6) is 0 Å². The van der Waals surface area contributed by atoms with Gasteiger partial charge < -0.3 is 0 Å². The van der Waals surface area contributed by atoms with Crippen LogP contribution in [0.3, 0.4) is 0 Å². The number of nitrogens with one attached hydrogen (secondary N) is 1. The Labute approximate surface area is 105 Å². The fourth-order valence-electron chi connectivity index (χ4n) is 1.72. The van der Waals surface area contributed by atoms with Crippen LogP contribution in [0.1, 0.15) is 0 Å². The molecule has 4 nitrogen and oxygen atoms in total. The van der Waals surface area contributed by atoms with Crippen molar-refractivity contribution in [3.8, 4) is 11.4 Å². The van der Waals surface area contributed by atoms with Gasteiger partial charge in [0.15, 0.2) is 11.3 Å². The third kappa shape index (κ3) is 1.78. The van der Waals surface area contributed by atoms with Gasteiger partial charge in [0.25, 0.3) is 0 Å². The average molecular weight is 290 g/mol. The van der Waals surface area contributed by atoms with Crippen molar-refractivity contribution in [1.29, 1.82) is 0 Å². The Morgan fingerprint density at radius 2 is 1.94 bits per heavy atom. The molecular weight excluding hydrogens is 282 g/mol. The number of halogens is 1. The maximum Gasteiger partial charge on any atom is 0.183 e. The molecule has 1 N–H and O–H groups in total. The lowest BCUT2D eigenvalue weighted by atomic mass is 10.2. The zero-order chi connectivity index (χ0) is 11.8. The van der Waals surface area contributed by atoms with E-state index < -0.39 is 0 Å². The molecule has 1 aromatic carbocycles. The standard InChI is InChI=1S/C12H8BrN3O/c13-9-3-1-8(2-4-9)12-15-14-11-7-10(17)5-6-16(11)12/h1-7,14H. The number of rotatable bonds is 1. The van der Waals surface area contributed by atoms with Crippen LogP contribution >= 0.6 is 15.9 Å². The summed E-state index contributed by atoms with van der Waals surface area (Å²) in [6.45, 7) is 0. The maximum absolute atomic E-state index is 11.2. The predicted octanol–water partition coefficient (Wildman–Crippen LogP) is 2.45. The molecule has 2 heterocycles. The number of aromatic amines is 1. The first-order chi connectivity index (χ1) is 8.24. The van der Waals surface area contributed by atoms with Crippen molar-refractivity contribution >= 4 is 21.6 Å². The first kappa shape index (κ1) is 10.3. The van der Waals surface area contributed by atoms with Crippen LogP contribution in [-0.4, -0.2) is 14.6 Å². The molecular formula is C12H8BrN3O. The number of hydrogen-bond donors (Lipinski definition) is 1. The summed E-state index contributed by atoms with van der Waals surface area (Å²) >= 11 is 3.39. The van der Waals surface area contributed by atoms with Gasteiger partial charge in [0.1, 0.15) is 5.65 Å². The highest BCUT2D eigenvalue weighted by molar-refractivity contribution is 9.10. The summed E-state index contributed by atoms with van der Waals surface area (Å²) in [7, 11) is 0. The minimum Gasteiger partial charge on any atom is -0.290 e. The molecule has 84 valence electrons. The average Bonchev–Trinajstić information content (AvgIpc) is 2.73. The summed E-state index contributed by atoms with van der Waals surface area (Å²) < 4.78 is 2.87. The summed E-state index contributed by atoms with van der Waals surface area (Å²) in [6, 6.07) is 10.9. The van der Waals surface area contributed by atoms with Crippen molar-refractivity contribution < 1.29 is 0 Å². The van der Waals surface area contributed by atoms with Gasteiger partial charge in [-0.25, -0.2) is 0 Å². The highest BCUT2D eigenvalue weighted by atomic mass is 79.9. The van der Waals surface area contributed by atoms with E-state index in [1.165, 1.54) is 12.1 Å². The lowest BCUT2D eigenvalue weighted by Crippen LogP contribution is -1.99. The van der Waals surface area contributed by atoms with E-state index in [-0.39, 0.29) is 5.43 Å². The molecule has 17 heavy (non-hydrogen) atoms. The topological polar surface area (TPSA) is 50.2 Å². The van der Waals surface area contributed by atoms with Crippen molar-refractivity contribution in [3.63, 3.8) is 0 Å². The lowest BCUT2D eigenvalue weighted by molar-refractivity contribution is 1.11. The van der Waals surface area contributed by atoms with E-state index in [9.17, 15) is 4.79 Å². The fraction of sp³-hybridized carbons (Fsp3) is 0. The number of benzene rings is 1. The summed E-state index contributed by atoms with van der Waals surface area (Å²) in [5, 5.41) is 7.06. The number of H-pyrrole nitrogens is 1. The Balaban J connectivity index is 2.24. The Morgan fingerprint density at radius 3 is 2.71 bits per heavy atom. The van der Waals surface area contributed by atoms with Crippen molar-refractivity contribution in [1.82, 2.24) is 14.6 Å². The number of aromatic nitrogens is 3. The molecule has 0 aliphatic heterocycles. The second kappa shape index (κ2) is 3.85. The highest BCUT2D eigenvalue weighted by Gasteiger charge is 2.06.